The number of aromatic hydroxyl groups is 1. The minimum absolute atomic E-state index is 0.0555. The molecule has 5 nitrogen and oxygen atoms in total. The van der Waals surface area contributed by atoms with Crippen LogP contribution in [-0.4, -0.2) is 22.5 Å². The molecule has 0 unspecified atom stereocenters. The van der Waals surface area contributed by atoms with Crippen LogP contribution in [0.5, 0.6) is 11.5 Å². The summed E-state index contributed by atoms with van der Waals surface area (Å²) in [5.41, 5.74) is 3.21. The number of methoxy groups -OCH3 is 1. The second-order valence-electron chi connectivity index (χ2n) is 6.01. The van der Waals surface area contributed by atoms with Gasteiger partial charge in [-0.05, 0) is 41.4 Å². The molecule has 1 aliphatic heterocycles. The quantitative estimate of drug-likeness (QED) is 0.687. The number of amides is 1. The minimum atomic E-state index is -0.158. The summed E-state index contributed by atoms with van der Waals surface area (Å²) < 4.78 is 9.66. The van der Waals surface area contributed by atoms with Crippen LogP contribution in [0.3, 0.4) is 0 Å². The Labute approximate surface area is 159 Å². The number of nitrogens with one attached hydrogen (secondary N) is 1. The van der Waals surface area contributed by atoms with Crippen LogP contribution in [0.4, 0.5) is 5.69 Å². The molecule has 7 heteroatoms. The fraction of sp³-hybridized carbons (Fsp3) is 0.158. The number of hydrogen-bond donors (Lipinski definition) is 2. The molecule has 0 saturated heterocycles. The Morgan fingerprint density at radius 3 is 2.73 bits per heavy atom. The molecule has 1 amide bonds. The average molecular weight is 387 g/mol. The second-order valence-corrected chi connectivity index (χ2v) is 7.25. The molecule has 2 aromatic carbocycles. The lowest BCUT2D eigenvalue weighted by Crippen LogP contribution is -2.22. The number of nitrogens with zero attached hydrogens (tertiary/aromatic N) is 1. The number of carbonyl (C=O) groups is 1. The lowest BCUT2D eigenvalue weighted by atomic mass is 9.89. The van der Waals surface area contributed by atoms with Crippen LogP contribution >= 0.6 is 23.1 Å². The van der Waals surface area contributed by atoms with Crippen molar-refractivity contribution < 1.29 is 14.6 Å². The molecule has 0 aliphatic carbocycles. The zero-order valence-corrected chi connectivity index (χ0v) is 15.4. The predicted octanol–water partition coefficient (Wildman–Crippen LogP) is 4.65. The molecule has 0 saturated carbocycles. The van der Waals surface area contributed by atoms with Gasteiger partial charge in [-0.15, -0.1) is 0 Å². The van der Waals surface area contributed by atoms with Crippen LogP contribution < -0.4 is 10.1 Å². The predicted molar refractivity (Wildman–Crippen MR) is 102 cm³/mol. The number of fused-ring (bicyclic) bond motifs is 1. The third-order valence-corrected chi connectivity index (χ3v) is 5.62. The first kappa shape index (κ1) is 16.9. The van der Waals surface area contributed by atoms with Crippen molar-refractivity contribution in [2.75, 3.05) is 12.4 Å². The van der Waals surface area contributed by atoms with Crippen molar-refractivity contribution in [2.24, 2.45) is 0 Å². The van der Waals surface area contributed by atoms with E-state index in [1.54, 1.807) is 24.3 Å². The molecule has 0 fully saturated rings. The van der Waals surface area contributed by atoms with Crippen molar-refractivity contribution >= 4 is 34.7 Å². The van der Waals surface area contributed by atoms with Gasteiger partial charge in [0.25, 0.3) is 0 Å². The number of phenols is 1. The molecule has 2 heterocycles. The topological polar surface area (TPSA) is 71.5 Å². The molecule has 1 aliphatic rings. The van der Waals surface area contributed by atoms with Gasteiger partial charge in [-0.3, -0.25) is 4.79 Å². The maximum atomic E-state index is 12.3. The molecule has 0 radical (unpaired) electrons. The number of carbonyl (C=O) groups excluding carboxylic acids is 1. The Morgan fingerprint density at radius 1 is 1.27 bits per heavy atom. The lowest BCUT2D eigenvalue weighted by molar-refractivity contribution is -0.116. The number of anilines is 1. The second kappa shape index (κ2) is 6.63. The molecule has 2 N–H and O–H groups in total. The smallest absolute Gasteiger partial charge is 0.225 e. The Hall–Kier alpha value is -2.57. The van der Waals surface area contributed by atoms with E-state index in [9.17, 15) is 9.90 Å². The first-order valence-corrected chi connectivity index (χ1v) is 9.14. The van der Waals surface area contributed by atoms with Gasteiger partial charge in [-0.1, -0.05) is 29.8 Å². The van der Waals surface area contributed by atoms with Crippen molar-refractivity contribution in [3.05, 3.63) is 57.9 Å². The maximum Gasteiger partial charge on any atom is 0.225 e. The molecule has 3 aromatic rings. The number of benzene rings is 2. The summed E-state index contributed by atoms with van der Waals surface area (Å²) in [5, 5.41) is 13.7. The highest BCUT2D eigenvalue weighted by Gasteiger charge is 2.32. The first-order chi connectivity index (χ1) is 12.6. The van der Waals surface area contributed by atoms with Crippen molar-refractivity contribution in [3.8, 4) is 22.8 Å². The van der Waals surface area contributed by atoms with E-state index in [1.807, 2.05) is 18.2 Å². The summed E-state index contributed by atoms with van der Waals surface area (Å²) in [4.78, 5) is 13.3. The molecule has 26 heavy (non-hydrogen) atoms. The van der Waals surface area contributed by atoms with Gasteiger partial charge in [0.15, 0.2) is 11.5 Å². The summed E-state index contributed by atoms with van der Waals surface area (Å²) in [6, 6.07) is 12.6. The van der Waals surface area contributed by atoms with Gasteiger partial charge in [-0.2, -0.15) is 4.37 Å². The van der Waals surface area contributed by atoms with Crippen molar-refractivity contribution in [2.45, 2.75) is 12.3 Å². The van der Waals surface area contributed by atoms with Crippen molar-refractivity contribution in [1.29, 1.82) is 0 Å². The molecule has 0 bridgehead atoms. The Kier molecular flexibility index (Phi) is 4.30. The van der Waals surface area contributed by atoms with Gasteiger partial charge in [0.1, 0.15) is 5.69 Å². The van der Waals surface area contributed by atoms with E-state index in [1.165, 1.54) is 18.6 Å². The molecule has 0 spiro atoms. The molecule has 4 rings (SSSR count). The summed E-state index contributed by atoms with van der Waals surface area (Å²) in [6.45, 7) is 0. The minimum Gasteiger partial charge on any atom is -0.504 e. The molecule has 1 atom stereocenters. The molecular formula is C19H15ClN2O3S. The first-order valence-electron chi connectivity index (χ1n) is 7.99. The normalized spacial score (nSPS) is 16.1. The Balaban J connectivity index is 1.78. The van der Waals surface area contributed by atoms with Gasteiger partial charge in [-0.25, -0.2) is 0 Å². The van der Waals surface area contributed by atoms with Crippen LogP contribution in [0.1, 0.15) is 22.8 Å². The number of rotatable bonds is 3. The maximum absolute atomic E-state index is 12.3. The number of hydrogen-bond acceptors (Lipinski definition) is 5. The Morgan fingerprint density at radius 2 is 2.04 bits per heavy atom. The lowest BCUT2D eigenvalue weighted by Gasteiger charge is -2.23. The third-order valence-electron chi connectivity index (χ3n) is 4.41. The number of phenolic OH excluding ortho intramolecular Hbond substituents is 1. The molecular weight excluding hydrogens is 372 g/mol. The fourth-order valence-corrected chi connectivity index (χ4v) is 4.23. The largest absolute Gasteiger partial charge is 0.504 e. The third kappa shape index (κ3) is 2.91. The van der Waals surface area contributed by atoms with Crippen LogP contribution in [0, 0.1) is 0 Å². The summed E-state index contributed by atoms with van der Waals surface area (Å²) >= 11 is 7.32. The standard InChI is InChI=1S/C19H15ClN2O3S/c1-25-15-7-4-11(8-14(15)23)13-9-16(24)21-18-17(22-26-19(13)18)10-2-5-12(20)6-3-10/h2-8,13,23H,9H2,1H3,(H,21,24)/t13-/m0/s1. The highest BCUT2D eigenvalue weighted by Crippen LogP contribution is 2.45. The average Bonchev–Trinajstić information content (AvgIpc) is 3.05. The monoisotopic (exact) mass is 386 g/mol. The molecule has 132 valence electrons. The Bertz CT molecular complexity index is 985. The number of aromatic nitrogens is 1. The van der Waals surface area contributed by atoms with Crippen LogP contribution in [0.2, 0.25) is 5.02 Å². The van der Waals surface area contributed by atoms with E-state index in [4.69, 9.17) is 16.3 Å². The van der Waals surface area contributed by atoms with Gasteiger partial charge in [0.2, 0.25) is 5.91 Å². The highest BCUT2D eigenvalue weighted by molar-refractivity contribution is 7.07. The molecule has 1 aromatic heterocycles. The zero-order valence-electron chi connectivity index (χ0n) is 13.8. The van der Waals surface area contributed by atoms with Crippen LogP contribution in [-0.2, 0) is 4.79 Å². The van der Waals surface area contributed by atoms with Crippen molar-refractivity contribution in [3.63, 3.8) is 0 Å². The van der Waals surface area contributed by atoms with Gasteiger partial charge in [0, 0.05) is 22.9 Å². The van der Waals surface area contributed by atoms with E-state index < -0.39 is 0 Å². The van der Waals surface area contributed by atoms with Crippen LogP contribution in [0.15, 0.2) is 42.5 Å². The van der Waals surface area contributed by atoms with E-state index in [2.05, 4.69) is 9.69 Å². The SMILES string of the molecule is COc1ccc([C@@H]2CC(=O)Nc3c(-c4ccc(Cl)cc4)nsc32)cc1O. The van der Waals surface area contributed by atoms with E-state index in [0.717, 1.165) is 27.4 Å². The number of ether oxygens (including phenoxy) is 1. The summed E-state index contributed by atoms with van der Waals surface area (Å²) in [5.74, 6) is 0.225. The van der Waals surface area contributed by atoms with Crippen molar-refractivity contribution in [1.82, 2.24) is 4.37 Å². The highest BCUT2D eigenvalue weighted by atomic mass is 35.5. The van der Waals surface area contributed by atoms with Crippen LogP contribution in [0.25, 0.3) is 11.3 Å². The fourth-order valence-electron chi connectivity index (χ4n) is 3.13. The zero-order chi connectivity index (χ0) is 18.3. The van der Waals surface area contributed by atoms with E-state index in [-0.39, 0.29) is 17.6 Å². The van der Waals surface area contributed by atoms with Gasteiger partial charge >= 0.3 is 0 Å². The summed E-state index contributed by atoms with van der Waals surface area (Å²) in [6.07, 6.45) is 0.307. The number of halogens is 1. The van der Waals surface area contributed by atoms with E-state index >= 15 is 0 Å². The van der Waals surface area contributed by atoms with Gasteiger partial charge < -0.3 is 15.2 Å². The van der Waals surface area contributed by atoms with E-state index in [0.29, 0.717) is 17.2 Å². The van der Waals surface area contributed by atoms with Gasteiger partial charge in [0.05, 0.1) is 17.7 Å². The summed E-state index contributed by atoms with van der Waals surface area (Å²) in [7, 11) is 1.50.